The highest BCUT2D eigenvalue weighted by Gasteiger charge is 2.24. The quantitative estimate of drug-likeness (QED) is 0.643. The summed E-state index contributed by atoms with van der Waals surface area (Å²) in [7, 11) is 0. The van der Waals surface area contributed by atoms with E-state index in [2.05, 4.69) is 4.98 Å². The van der Waals surface area contributed by atoms with Gasteiger partial charge in [-0.15, -0.1) is 0 Å². The lowest BCUT2D eigenvalue weighted by Gasteiger charge is -2.23. The standard InChI is InChI=1S/C12H14N2OS/c1-3-12(2,15)11(4-7-13)16-10-5-8-14-9-6-10/h4-6,8-9,15H,3H2,1-2H3/b11-4-. The third kappa shape index (κ3) is 3.37. The Labute approximate surface area is 99.8 Å². The Hall–Kier alpha value is -1.31. The van der Waals surface area contributed by atoms with Gasteiger partial charge in [0.05, 0.1) is 11.7 Å². The van der Waals surface area contributed by atoms with Crippen molar-refractivity contribution in [3.63, 3.8) is 0 Å². The monoisotopic (exact) mass is 234 g/mol. The molecule has 0 amide bonds. The van der Waals surface area contributed by atoms with Gasteiger partial charge in [-0.1, -0.05) is 18.7 Å². The van der Waals surface area contributed by atoms with Gasteiger partial charge < -0.3 is 5.11 Å². The van der Waals surface area contributed by atoms with Crippen molar-refractivity contribution >= 4 is 11.8 Å². The van der Waals surface area contributed by atoms with Gasteiger partial charge in [0.25, 0.3) is 0 Å². The summed E-state index contributed by atoms with van der Waals surface area (Å²) in [6, 6.07) is 5.67. The first-order valence-electron chi connectivity index (χ1n) is 5.00. The second-order valence-corrected chi connectivity index (χ2v) is 4.67. The zero-order valence-electron chi connectivity index (χ0n) is 9.34. The highest BCUT2D eigenvalue weighted by atomic mass is 32.2. The average Bonchev–Trinajstić information content (AvgIpc) is 2.30. The number of nitriles is 1. The Kier molecular flexibility index (Phi) is 4.53. The number of nitrogens with zero attached hydrogens (tertiary/aromatic N) is 2. The molecular formula is C12H14N2OS. The fourth-order valence-corrected chi connectivity index (χ4v) is 2.05. The van der Waals surface area contributed by atoms with E-state index in [4.69, 9.17) is 5.26 Å². The third-order valence-corrected chi connectivity index (χ3v) is 3.58. The van der Waals surface area contributed by atoms with E-state index in [9.17, 15) is 5.11 Å². The molecule has 84 valence electrons. The highest BCUT2D eigenvalue weighted by Crippen LogP contribution is 2.35. The van der Waals surface area contributed by atoms with Crippen molar-refractivity contribution in [2.75, 3.05) is 0 Å². The van der Waals surface area contributed by atoms with Gasteiger partial charge in [0.15, 0.2) is 0 Å². The van der Waals surface area contributed by atoms with Gasteiger partial charge in [0.1, 0.15) is 0 Å². The lowest BCUT2D eigenvalue weighted by atomic mass is 10.0. The number of pyridine rings is 1. The highest BCUT2D eigenvalue weighted by molar-refractivity contribution is 8.03. The van der Waals surface area contributed by atoms with E-state index in [0.717, 1.165) is 4.90 Å². The fraction of sp³-hybridized carbons (Fsp3) is 0.333. The van der Waals surface area contributed by atoms with Gasteiger partial charge in [-0.2, -0.15) is 5.26 Å². The van der Waals surface area contributed by atoms with E-state index in [1.165, 1.54) is 17.8 Å². The molecular weight excluding hydrogens is 220 g/mol. The van der Waals surface area contributed by atoms with Crippen molar-refractivity contribution in [2.24, 2.45) is 0 Å². The van der Waals surface area contributed by atoms with Crippen LogP contribution < -0.4 is 0 Å². The summed E-state index contributed by atoms with van der Waals surface area (Å²) in [6.07, 6.45) is 5.34. The Morgan fingerprint density at radius 3 is 2.75 bits per heavy atom. The van der Waals surface area contributed by atoms with E-state index in [1.54, 1.807) is 19.3 Å². The van der Waals surface area contributed by atoms with E-state index >= 15 is 0 Å². The zero-order valence-corrected chi connectivity index (χ0v) is 10.2. The Bertz CT molecular complexity index is 407. The predicted molar refractivity (Wildman–Crippen MR) is 64.7 cm³/mol. The number of aliphatic hydroxyl groups is 1. The van der Waals surface area contributed by atoms with Crippen LogP contribution >= 0.6 is 11.8 Å². The maximum absolute atomic E-state index is 10.1. The first-order chi connectivity index (χ1) is 7.60. The molecule has 0 saturated carbocycles. The number of hydrogen-bond acceptors (Lipinski definition) is 4. The first kappa shape index (κ1) is 12.8. The maximum atomic E-state index is 10.1. The summed E-state index contributed by atoms with van der Waals surface area (Å²) in [5, 5.41) is 18.8. The number of hydrogen-bond donors (Lipinski definition) is 1. The van der Waals surface area contributed by atoms with Gasteiger partial charge >= 0.3 is 0 Å². The van der Waals surface area contributed by atoms with E-state index in [1.807, 2.05) is 25.1 Å². The molecule has 1 rings (SSSR count). The molecule has 3 nitrogen and oxygen atoms in total. The van der Waals surface area contributed by atoms with E-state index < -0.39 is 5.60 Å². The summed E-state index contributed by atoms with van der Waals surface area (Å²) in [4.78, 5) is 5.54. The maximum Gasteiger partial charge on any atom is 0.0934 e. The summed E-state index contributed by atoms with van der Waals surface area (Å²) in [5.41, 5.74) is -0.955. The largest absolute Gasteiger partial charge is 0.385 e. The molecule has 4 heteroatoms. The molecule has 0 aromatic carbocycles. The molecule has 0 spiro atoms. The molecule has 1 atom stereocenters. The minimum Gasteiger partial charge on any atom is -0.385 e. The smallest absolute Gasteiger partial charge is 0.0934 e. The van der Waals surface area contributed by atoms with Crippen molar-refractivity contribution in [3.05, 3.63) is 35.5 Å². The summed E-state index contributed by atoms with van der Waals surface area (Å²) in [6.45, 7) is 3.60. The van der Waals surface area contributed by atoms with Crippen molar-refractivity contribution in [2.45, 2.75) is 30.8 Å². The van der Waals surface area contributed by atoms with Crippen molar-refractivity contribution in [1.29, 1.82) is 5.26 Å². The molecule has 0 bridgehead atoms. The molecule has 0 fully saturated rings. The topological polar surface area (TPSA) is 56.9 Å². The van der Waals surface area contributed by atoms with Crippen LogP contribution in [0.1, 0.15) is 20.3 Å². The van der Waals surface area contributed by atoms with Crippen LogP contribution in [0.3, 0.4) is 0 Å². The number of rotatable bonds is 4. The van der Waals surface area contributed by atoms with Crippen LogP contribution in [-0.2, 0) is 0 Å². The molecule has 1 unspecified atom stereocenters. The SMILES string of the molecule is CCC(C)(O)/C(=C/C#N)Sc1ccncc1. The Morgan fingerprint density at radius 2 is 2.25 bits per heavy atom. The fourth-order valence-electron chi connectivity index (χ4n) is 1.06. The van der Waals surface area contributed by atoms with Gasteiger partial charge in [-0.3, -0.25) is 4.98 Å². The van der Waals surface area contributed by atoms with Crippen LogP contribution in [0.25, 0.3) is 0 Å². The predicted octanol–water partition coefficient (Wildman–Crippen LogP) is 2.74. The first-order valence-corrected chi connectivity index (χ1v) is 5.82. The van der Waals surface area contributed by atoms with Gasteiger partial charge in [-0.25, -0.2) is 0 Å². The number of thioether (sulfide) groups is 1. The molecule has 0 radical (unpaired) electrons. The van der Waals surface area contributed by atoms with Crippen molar-refractivity contribution in [3.8, 4) is 6.07 Å². The molecule has 1 heterocycles. The molecule has 0 aliphatic rings. The van der Waals surface area contributed by atoms with Crippen LogP contribution in [0, 0.1) is 11.3 Å². The van der Waals surface area contributed by atoms with Gasteiger partial charge in [0, 0.05) is 28.3 Å². The minimum atomic E-state index is -0.955. The molecule has 1 aromatic heterocycles. The van der Waals surface area contributed by atoms with Crippen LogP contribution in [-0.4, -0.2) is 15.7 Å². The van der Waals surface area contributed by atoms with Gasteiger partial charge in [-0.05, 0) is 25.5 Å². The molecule has 0 aliphatic heterocycles. The second kappa shape index (κ2) is 5.69. The molecule has 1 aromatic rings. The Morgan fingerprint density at radius 1 is 1.62 bits per heavy atom. The second-order valence-electron chi connectivity index (χ2n) is 3.55. The number of aromatic nitrogens is 1. The van der Waals surface area contributed by atoms with Crippen LogP contribution in [0.15, 0.2) is 40.4 Å². The van der Waals surface area contributed by atoms with Crippen LogP contribution in [0.4, 0.5) is 0 Å². The number of allylic oxidation sites excluding steroid dienone is 1. The zero-order chi connectivity index (χ0) is 12.0. The molecule has 0 aliphatic carbocycles. The van der Waals surface area contributed by atoms with Crippen LogP contribution in [0.5, 0.6) is 0 Å². The lowest BCUT2D eigenvalue weighted by Crippen LogP contribution is -2.24. The van der Waals surface area contributed by atoms with Crippen molar-refractivity contribution < 1.29 is 5.11 Å². The van der Waals surface area contributed by atoms with Crippen LogP contribution in [0.2, 0.25) is 0 Å². The van der Waals surface area contributed by atoms with Crippen molar-refractivity contribution in [1.82, 2.24) is 4.98 Å². The van der Waals surface area contributed by atoms with E-state index in [0.29, 0.717) is 11.3 Å². The minimum absolute atomic E-state index is 0.568. The molecule has 1 N–H and O–H groups in total. The molecule has 0 saturated heterocycles. The normalized spacial score (nSPS) is 15.2. The molecule has 16 heavy (non-hydrogen) atoms. The third-order valence-electron chi connectivity index (χ3n) is 2.29. The Balaban J connectivity index is 2.91. The lowest BCUT2D eigenvalue weighted by molar-refractivity contribution is 0.104. The summed E-state index contributed by atoms with van der Waals surface area (Å²) in [5.74, 6) is 0. The van der Waals surface area contributed by atoms with Gasteiger partial charge in [0.2, 0.25) is 0 Å². The van der Waals surface area contributed by atoms with E-state index in [-0.39, 0.29) is 0 Å². The summed E-state index contributed by atoms with van der Waals surface area (Å²) >= 11 is 1.39. The average molecular weight is 234 g/mol. The summed E-state index contributed by atoms with van der Waals surface area (Å²) < 4.78 is 0.